The minimum atomic E-state index is -0.568. The molecule has 0 aliphatic carbocycles. The van der Waals surface area contributed by atoms with Crippen molar-refractivity contribution >= 4 is 16.7 Å². The van der Waals surface area contributed by atoms with E-state index in [1.807, 2.05) is 0 Å². The van der Waals surface area contributed by atoms with Crippen LogP contribution in [-0.4, -0.2) is 37.4 Å². The van der Waals surface area contributed by atoms with E-state index >= 15 is 0 Å². The summed E-state index contributed by atoms with van der Waals surface area (Å²) in [5, 5.41) is 0. The minimum absolute atomic E-state index is 0.0351. The van der Waals surface area contributed by atoms with Crippen LogP contribution in [0, 0.1) is 5.82 Å². The van der Waals surface area contributed by atoms with E-state index in [-0.39, 0.29) is 11.6 Å². The van der Waals surface area contributed by atoms with E-state index in [9.17, 15) is 4.39 Å². The molecule has 0 radical (unpaired) electrons. The van der Waals surface area contributed by atoms with Gasteiger partial charge in [0, 0.05) is 37.2 Å². The number of rotatable bonds is 7. The van der Waals surface area contributed by atoms with Gasteiger partial charge in [0.15, 0.2) is 23.1 Å². The van der Waals surface area contributed by atoms with Gasteiger partial charge in [-0.25, -0.2) is 9.37 Å². The molecule has 1 aromatic carbocycles. The first-order valence-corrected chi connectivity index (χ1v) is 7.80. The van der Waals surface area contributed by atoms with Crippen molar-refractivity contribution in [2.24, 2.45) is 0 Å². The highest BCUT2D eigenvalue weighted by Gasteiger charge is 2.15. The Morgan fingerprint density at radius 1 is 1.04 bits per heavy atom. The summed E-state index contributed by atoms with van der Waals surface area (Å²) in [4.78, 5) is 8.65. The Labute approximate surface area is 149 Å². The summed E-state index contributed by atoms with van der Waals surface area (Å²) >= 11 is 0. The average molecular weight is 359 g/mol. The molecule has 2 N–H and O–H groups in total. The van der Waals surface area contributed by atoms with Crippen molar-refractivity contribution < 1.29 is 23.3 Å². The molecular formula is C18H18FN3O4. The van der Waals surface area contributed by atoms with Gasteiger partial charge >= 0.3 is 0 Å². The largest absolute Gasteiger partial charge is 0.485 e. The number of ether oxygens (including phenoxy) is 4. The summed E-state index contributed by atoms with van der Waals surface area (Å²) in [7, 11) is 3.06. The number of aromatic nitrogens is 2. The summed E-state index contributed by atoms with van der Waals surface area (Å²) < 4.78 is 35.5. The van der Waals surface area contributed by atoms with Crippen LogP contribution in [0.3, 0.4) is 0 Å². The van der Waals surface area contributed by atoms with Crippen molar-refractivity contribution in [3.63, 3.8) is 0 Å². The summed E-state index contributed by atoms with van der Waals surface area (Å²) in [5.41, 5.74) is 6.81. The molecule has 0 saturated heterocycles. The molecule has 8 heteroatoms. The molecule has 26 heavy (non-hydrogen) atoms. The third-order valence-electron chi connectivity index (χ3n) is 3.52. The number of fused-ring (bicyclic) bond motifs is 1. The Balaban J connectivity index is 1.98. The van der Waals surface area contributed by atoms with Gasteiger partial charge in [-0.15, -0.1) is 0 Å². The van der Waals surface area contributed by atoms with Crippen molar-refractivity contribution in [1.82, 2.24) is 9.97 Å². The Morgan fingerprint density at radius 3 is 2.62 bits per heavy atom. The van der Waals surface area contributed by atoms with E-state index in [1.54, 1.807) is 31.5 Å². The minimum Gasteiger partial charge on any atom is -0.485 e. The van der Waals surface area contributed by atoms with E-state index in [1.165, 1.54) is 19.2 Å². The molecule has 0 unspecified atom stereocenters. The number of halogens is 1. The molecular weight excluding hydrogens is 341 g/mol. The number of anilines is 1. The lowest BCUT2D eigenvalue weighted by atomic mass is 10.2. The third-order valence-corrected chi connectivity index (χ3v) is 3.52. The molecule has 0 fully saturated rings. The zero-order valence-electron chi connectivity index (χ0n) is 14.4. The van der Waals surface area contributed by atoms with E-state index in [4.69, 9.17) is 24.7 Å². The summed E-state index contributed by atoms with van der Waals surface area (Å²) in [6.45, 7) is 0.765. The van der Waals surface area contributed by atoms with Gasteiger partial charge in [-0.3, -0.25) is 4.98 Å². The fourth-order valence-corrected chi connectivity index (χ4v) is 2.30. The summed E-state index contributed by atoms with van der Waals surface area (Å²) in [6.07, 6.45) is 1.54. The number of benzene rings is 1. The molecule has 136 valence electrons. The highest BCUT2D eigenvalue weighted by molar-refractivity contribution is 5.83. The fourth-order valence-electron chi connectivity index (χ4n) is 2.30. The molecule has 0 spiro atoms. The number of nitrogen functional groups attached to an aromatic ring is 1. The standard InChI is InChI=1S/C18H18FN3O4/c1-23-7-8-25-16-10-13-17(22-18(16)24-2)15(5-6-21-13)26-14-4-3-11(20)9-12(14)19/h3-6,9-10H,7-8,20H2,1-2H3. The molecule has 3 rings (SSSR count). The van der Waals surface area contributed by atoms with Crippen LogP contribution in [0.2, 0.25) is 0 Å². The number of hydrogen-bond donors (Lipinski definition) is 1. The number of pyridine rings is 2. The average Bonchev–Trinajstić information content (AvgIpc) is 2.64. The number of hydrogen-bond acceptors (Lipinski definition) is 7. The Kier molecular flexibility index (Phi) is 5.33. The van der Waals surface area contributed by atoms with E-state index < -0.39 is 5.82 Å². The highest BCUT2D eigenvalue weighted by atomic mass is 19.1. The monoisotopic (exact) mass is 359 g/mol. The SMILES string of the molecule is COCCOc1cc2nccc(Oc3ccc(N)cc3F)c2nc1OC. The van der Waals surface area contributed by atoms with Crippen molar-refractivity contribution in [2.45, 2.75) is 0 Å². The molecule has 2 aromatic heterocycles. The quantitative estimate of drug-likeness (QED) is 0.512. The van der Waals surface area contributed by atoms with Gasteiger partial charge in [-0.1, -0.05) is 0 Å². The first-order chi connectivity index (χ1) is 12.6. The van der Waals surface area contributed by atoms with Crippen LogP contribution < -0.4 is 19.9 Å². The van der Waals surface area contributed by atoms with Crippen LogP contribution in [0.4, 0.5) is 10.1 Å². The Bertz CT molecular complexity index is 920. The lowest BCUT2D eigenvalue weighted by Gasteiger charge is -2.13. The molecule has 0 amide bonds. The second-order valence-corrected chi connectivity index (χ2v) is 5.31. The smallest absolute Gasteiger partial charge is 0.257 e. The van der Waals surface area contributed by atoms with Crippen LogP contribution in [0.15, 0.2) is 36.5 Å². The topological polar surface area (TPSA) is 88.7 Å². The zero-order chi connectivity index (χ0) is 18.5. The molecule has 0 saturated carbocycles. The van der Waals surface area contributed by atoms with Crippen LogP contribution in [-0.2, 0) is 4.74 Å². The fraction of sp³-hybridized carbons (Fsp3) is 0.222. The second kappa shape index (κ2) is 7.83. The summed E-state index contributed by atoms with van der Waals surface area (Å²) in [6, 6.07) is 7.47. The van der Waals surface area contributed by atoms with E-state index in [0.717, 1.165) is 0 Å². The third kappa shape index (κ3) is 3.75. The zero-order valence-corrected chi connectivity index (χ0v) is 14.4. The number of methoxy groups -OCH3 is 2. The number of nitrogens with zero attached hydrogens (tertiary/aromatic N) is 2. The van der Waals surface area contributed by atoms with Gasteiger partial charge in [-0.05, 0) is 12.1 Å². The van der Waals surface area contributed by atoms with Crippen LogP contribution in [0.1, 0.15) is 0 Å². The van der Waals surface area contributed by atoms with Gasteiger partial charge in [0.25, 0.3) is 5.88 Å². The summed E-state index contributed by atoms with van der Waals surface area (Å²) in [5.74, 6) is 0.499. The Morgan fingerprint density at radius 2 is 1.88 bits per heavy atom. The second-order valence-electron chi connectivity index (χ2n) is 5.31. The van der Waals surface area contributed by atoms with Crippen molar-refractivity contribution in [1.29, 1.82) is 0 Å². The molecule has 0 aliphatic heterocycles. The van der Waals surface area contributed by atoms with Gasteiger partial charge in [0.2, 0.25) is 0 Å². The maximum absolute atomic E-state index is 14.0. The van der Waals surface area contributed by atoms with Crippen molar-refractivity contribution in [3.8, 4) is 23.1 Å². The molecule has 0 aliphatic rings. The normalized spacial score (nSPS) is 10.7. The lowest BCUT2D eigenvalue weighted by molar-refractivity contribution is 0.144. The first-order valence-electron chi connectivity index (χ1n) is 7.80. The maximum Gasteiger partial charge on any atom is 0.257 e. The van der Waals surface area contributed by atoms with Gasteiger partial charge in [0.05, 0.1) is 19.2 Å². The van der Waals surface area contributed by atoms with Gasteiger partial charge in [-0.2, -0.15) is 0 Å². The van der Waals surface area contributed by atoms with Gasteiger partial charge < -0.3 is 24.7 Å². The molecule has 3 aromatic rings. The predicted octanol–water partition coefficient (Wildman–Crippen LogP) is 3.18. The van der Waals surface area contributed by atoms with E-state index in [0.29, 0.717) is 41.4 Å². The molecule has 2 heterocycles. The maximum atomic E-state index is 14.0. The van der Waals surface area contributed by atoms with Crippen molar-refractivity contribution in [3.05, 3.63) is 42.3 Å². The highest BCUT2D eigenvalue weighted by Crippen LogP contribution is 2.34. The molecule has 0 atom stereocenters. The first kappa shape index (κ1) is 17.7. The predicted molar refractivity (Wildman–Crippen MR) is 94.3 cm³/mol. The van der Waals surface area contributed by atoms with Crippen molar-refractivity contribution in [2.75, 3.05) is 33.2 Å². The lowest BCUT2D eigenvalue weighted by Crippen LogP contribution is -2.06. The molecule has 0 bridgehead atoms. The molecule has 7 nitrogen and oxygen atoms in total. The van der Waals surface area contributed by atoms with Crippen LogP contribution in [0.25, 0.3) is 11.0 Å². The Hall–Kier alpha value is -3.13. The number of nitrogens with two attached hydrogens (primary N) is 1. The van der Waals surface area contributed by atoms with E-state index in [2.05, 4.69) is 9.97 Å². The van der Waals surface area contributed by atoms with Crippen LogP contribution in [0.5, 0.6) is 23.1 Å². The van der Waals surface area contributed by atoms with Crippen LogP contribution >= 0.6 is 0 Å². The van der Waals surface area contributed by atoms with Gasteiger partial charge in [0.1, 0.15) is 12.1 Å².